The van der Waals surface area contributed by atoms with E-state index in [1.165, 1.54) is 0 Å². The molecule has 5 rings (SSSR count). The second-order valence-electron chi connectivity index (χ2n) is 8.21. The smallest absolute Gasteiger partial charge is 0.237 e. The van der Waals surface area contributed by atoms with Crippen molar-refractivity contribution >= 4 is 11.6 Å². The van der Waals surface area contributed by atoms with E-state index in [4.69, 9.17) is 4.74 Å². The first-order valence-electron chi connectivity index (χ1n) is 10.8. The highest BCUT2D eigenvalue weighted by Crippen LogP contribution is 2.32. The van der Waals surface area contributed by atoms with E-state index in [-0.39, 0.29) is 18.0 Å². The van der Waals surface area contributed by atoms with E-state index in [1.54, 1.807) is 0 Å². The molecule has 1 aromatic carbocycles. The summed E-state index contributed by atoms with van der Waals surface area (Å²) < 4.78 is 7.80. The minimum absolute atomic E-state index is 0.0183. The predicted octanol–water partition coefficient (Wildman–Crippen LogP) is 2.94. The quantitative estimate of drug-likeness (QED) is 0.723. The third-order valence-corrected chi connectivity index (χ3v) is 6.44. The molecule has 1 amide bonds. The highest BCUT2D eigenvalue weighted by atomic mass is 16.5. The number of carbonyl (C=O) groups excluding carboxylic acids is 1. The van der Waals surface area contributed by atoms with E-state index >= 15 is 0 Å². The van der Waals surface area contributed by atoms with Crippen LogP contribution < -0.4 is 10.1 Å². The summed E-state index contributed by atoms with van der Waals surface area (Å²) in [6.07, 6.45) is 4.79. The van der Waals surface area contributed by atoms with Crippen molar-refractivity contribution < 1.29 is 9.53 Å². The monoisotopic (exact) mass is 405 g/mol. The number of benzene rings is 1. The first-order chi connectivity index (χ1) is 14.7. The molecular formula is C23H27N5O2. The van der Waals surface area contributed by atoms with Gasteiger partial charge in [0.1, 0.15) is 11.6 Å². The molecule has 1 saturated heterocycles. The Balaban J connectivity index is 1.21. The van der Waals surface area contributed by atoms with Crippen molar-refractivity contribution in [1.82, 2.24) is 24.8 Å². The van der Waals surface area contributed by atoms with E-state index in [0.717, 1.165) is 55.1 Å². The fourth-order valence-corrected chi connectivity index (χ4v) is 4.63. The molecule has 3 aromatic rings. The molecule has 2 aromatic heterocycles. The lowest BCUT2D eigenvalue weighted by molar-refractivity contribution is -0.127. The van der Waals surface area contributed by atoms with Gasteiger partial charge in [-0.25, -0.2) is 0 Å². The number of hydrogen-bond acceptors (Lipinski definition) is 5. The van der Waals surface area contributed by atoms with Gasteiger partial charge in [0.2, 0.25) is 5.91 Å². The molecule has 1 fully saturated rings. The second-order valence-corrected chi connectivity index (χ2v) is 8.21. The summed E-state index contributed by atoms with van der Waals surface area (Å²) in [5, 5.41) is 12.0. The molecule has 1 N–H and O–H groups in total. The lowest BCUT2D eigenvalue weighted by Gasteiger charge is -2.36. The molecule has 4 heterocycles. The third kappa shape index (κ3) is 3.54. The van der Waals surface area contributed by atoms with E-state index < -0.39 is 0 Å². The number of hydrogen-bond donors (Lipinski definition) is 1. The fraction of sp³-hybridized carbons (Fsp3) is 0.435. The van der Waals surface area contributed by atoms with E-state index in [0.29, 0.717) is 12.5 Å². The molecular weight excluding hydrogens is 378 g/mol. The zero-order valence-electron chi connectivity index (χ0n) is 17.2. The molecule has 0 aliphatic carbocycles. The van der Waals surface area contributed by atoms with Crippen molar-refractivity contribution in [1.29, 1.82) is 0 Å². The number of piperidine rings is 1. The lowest BCUT2D eigenvalue weighted by atomic mass is 9.94. The maximum Gasteiger partial charge on any atom is 0.237 e. The van der Waals surface area contributed by atoms with Gasteiger partial charge in [-0.3, -0.25) is 14.1 Å². The van der Waals surface area contributed by atoms with Crippen LogP contribution in [0.5, 0.6) is 5.75 Å². The predicted molar refractivity (Wildman–Crippen MR) is 113 cm³/mol. The minimum atomic E-state index is -0.156. The van der Waals surface area contributed by atoms with Gasteiger partial charge in [0, 0.05) is 24.1 Å². The number of aromatic nitrogens is 3. The van der Waals surface area contributed by atoms with Crippen LogP contribution in [0.25, 0.3) is 5.65 Å². The summed E-state index contributed by atoms with van der Waals surface area (Å²) >= 11 is 0. The van der Waals surface area contributed by atoms with Crippen molar-refractivity contribution in [3.8, 4) is 5.75 Å². The van der Waals surface area contributed by atoms with Crippen LogP contribution in [0.2, 0.25) is 0 Å². The Morgan fingerprint density at radius 3 is 2.77 bits per heavy atom. The Morgan fingerprint density at radius 1 is 1.10 bits per heavy atom. The Hall–Kier alpha value is -2.93. The topological polar surface area (TPSA) is 71.8 Å². The molecule has 30 heavy (non-hydrogen) atoms. The summed E-state index contributed by atoms with van der Waals surface area (Å²) in [4.78, 5) is 15.3. The Kier molecular flexibility index (Phi) is 5.12. The van der Waals surface area contributed by atoms with Crippen molar-refractivity contribution in [3.05, 3.63) is 60.0 Å². The molecule has 0 radical (unpaired) electrons. The SMILES string of the molecule is CC(C(=O)NC1CCOc2ccccc21)N1CCC(c2nnc3ccccn23)CC1. The largest absolute Gasteiger partial charge is 0.493 e. The van der Waals surface area contributed by atoms with Gasteiger partial charge in [-0.15, -0.1) is 10.2 Å². The maximum atomic E-state index is 13.0. The van der Waals surface area contributed by atoms with Gasteiger partial charge in [-0.05, 0) is 51.1 Å². The van der Waals surface area contributed by atoms with Gasteiger partial charge in [0.15, 0.2) is 5.65 Å². The molecule has 7 nitrogen and oxygen atoms in total. The Bertz CT molecular complexity index is 1040. The summed E-state index contributed by atoms with van der Waals surface area (Å²) in [7, 11) is 0. The molecule has 2 aliphatic heterocycles. The molecule has 0 bridgehead atoms. The summed E-state index contributed by atoms with van der Waals surface area (Å²) in [6, 6.07) is 13.8. The summed E-state index contributed by atoms with van der Waals surface area (Å²) in [5.41, 5.74) is 1.96. The number of nitrogens with one attached hydrogen (secondary N) is 1. The summed E-state index contributed by atoms with van der Waals surface area (Å²) in [5.74, 6) is 2.36. The van der Waals surface area contributed by atoms with Gasteiger partial charge in [0.05, 0.1) is 18.7 Å². The number of carbonyl (C=O) groups is 1. The van der Waals surface area contributed by atoms with Gasteiger partial charge >= 0.3 is 0 Å². The summed E-state index contributed by atoms with van der Waals surface area (Å²) in [6.45, 7) is 4.40. The molecule has 0 spiro atoms. The third-order valence-electron chi connectivity index (χ3n) is 6.44. The van der Waals surface area contributed by atoms with Crippen molar-refractivity contribution in [3.63, 3.8) is 0 Å². The number of pyridine rings is 1. The minimum Gasteiger partial charge on any atom is -0.493 e. The molecule has 2 atom stereocenters. The van der Waals surface area contributed by atoms with Crippen LogP contribution in [-0.4, -0.2) is 51.1 Å². The van der Waals surface area contributed by atoms with Crippen LogP contribution in [0.3, 0.4) is 0 Å². The average molecular weight is 406 g/mol. The Morgan fingerprint density at radius 2 is 1.90 bits per heavy atom. The molecule has 7 heteroatoms. The van der Waals surface area contributed by atoms with Crippen LogP contribution in [0.4, 0.5) is 0 Å². The molecule has 156 valence electrons. The number of amides is 1. The lowest BCUT2D eigenvalue weighted by Crippen LogP contribution is -2.49. The zero-order chi connectivity index (χ0) is 20.5. The fourth-order valence-electron chi connectivity index (χ4n) is 4.63. The number of fused-ring (bicyclic) bond motifs is 2. The molecule has 2 unspecified atom stereocenters. The number of para-hydroxylation sites is 1. The van der Waals surface area contributed by atoms with Crippen LogP contribution in [0, 0.1) is 0 Å². The van der Waals surface area contributed by atoms with Crippen molar-refractivity contribution in [2.75, 3.05) is 19.7 Å². The number of rotatable bonds is 4. The number of ether oxygens (including phenoxy) is 1. The van der Waals surface area contributed by atoms with E-state index in [2.05, 4.69) is 24.8 Å². The van der Waals surface area contributed by atoms with Crippen LogP contribution in [0.15, 0.2) is 48.7 Å². The normalized spacial score (nSPS) is 21.0. The van der Waals surface area contributed by atoms with Crippen LogP contribution in [0.1, 0.15) is 49.5 Å². The number of nitrogens with zero attached hydrogens (tertiary/aromatic N) is 4. The highest BCUT2D eigenvalue weighted by molar-refractivity contribution is 5.82. The van der Waals surface area contributed by atoms with Crippen molar-refractivity contribution in [2.24, 2.45) is 0 Å². The van der Waals surface area contributed by atoms with Crippen molar-refractivity contribution in [2.45, 2.75) is 44.2 Å². The first-order valence-corrected chi connectivity index (χ1v) is 10.8. The van der Waals surface area contributed by atoms with Crippen LogP contribution in [-0.2, 0) is 4.79 Å². The van der Waals surface area contributed by atoms with Gasteiger partial charge in [0.25, 0.3) is 0 Å². The first kappa shape index (κ1) is 19.1. The maximum absolute atomic E-state index is 13.0. The number of likely N-dealkylation sites (tertiary alicyclic amines) is 1. The second kappa shape index (κ2) is 8.07. The van der Waals surface area contributed by atoms with Gasteiger partial charge < -0.3 is 10.1 Å². The van der Waals surface area contributed by atoms with E-state index in [1.807, 2.05) is 55.6 Å². The Labute approximate surface area is 176 Å². The van der Waals surface area contributed by atoms with Gasteiger partial charge in [-0.1, -0.05) is 24.3 Å². The average Bonchev–Trinajstić information content (AvgIpc) is 3.23. The highest BCUT2D eigenvalue weighted by Gasteiger charge is 2.31. The standard InChI is InChI=1S/C23H27N5O2/c1-16(23(29)24-19-11-15-30-20-7-3-2-6-18(19)20)27-13-9-17(10-14-27)22-26-25-21-8-4-5-12-28(21)22/h2-8,12,16-17,19H,9-11,13-15H2,1H3,(H,24,29). The van der Waals surface area contributed by atoms with Gasteiger partial charge in [-0.2, -0.15) is 0 Å². The van der Waals surface area contributed by atoms with Crippen LogP contribution >= 0.6 is 0 Å². The molecule has 2 aliphatic rings. The zero-order valence-corrected chi connectivity index (χ0v) is 17.2. The molecule has 0 saturated carbocycles. The van der Waals surface area contributed by atoms with E-state index in [9.17, 15) is 4.79 Å².